The van der Waals surface area contributed by atoms with E-state index in [0.717, 1.165) is 29.2 Å². The fraction of sp³-hybridized carbons (Fsp3) is 0.552. The maximum absolute atomic E-state index is 5.86. The molecule has 0 spiro atoms. The number of methoxy groups -OCH3 is 1. The summed E-state index contributed by atoms with van der Waals surface area (Å²) in [5.41, 5.74) is 2.25. The van der Waals surface area contributed by atoms with Gasteiger partial charge in [0.05, 0.1) is 7.11 Å². The number of rotatable bonds is 18. The lowest BCUT2D eigenvalue weighted by Gasteiger charge is -2.07. The number of hydrogen-bond donors (Lipinski definition) is 0. The van der Waals surface area contributed by atoms with E-state index in [-0.39, 0.29) is 0 Å². The molecule has 0 atom stereocenters. The summed E-state index contributed by atoms with van der Waals surface area (Å²) in [6.07, 6.45) is 18.5. The van der Waals surface area contributed by atoms with Crippen LogP contribution in [-0.2, 0) is 6.61 Å². The lowest BCUT2D eigenvalue weighted by molar-refractivity contribution is 0.306. The SMILES string of the molecule is CCCCCCCCCCCCCC/N=C/c1ccc(OCc2ccc(OC)cc2)cc1. The van der Waals surface area contributed by atoms with Crippen LogP contribution in [0.3, 0.4) is 0 Å². The second-order valence-electron chi connectivity index (χ2n) is 8.63. The highest BCUT2D eigenvalue weighted by Crippen LogP contribution is 2.16. The molecular weight excluding hydrogens is 394 g/mol. The lowest BCUT2D eigenvalue weighted by Crippen LogP contribution is -1.95. The van der Waals surface area contributed by atoms with Gasteiger partial charge in [-0.3, -0.25) is 4.99 Å². The van der Waals surface area contributed by atoms with Gasteiger partial charge in [-0.05, 0) is 53.9 Å². The molecule has 3 nitrogen and oxygen atoms in total. The summed E-state index contributed by atoms with van der Waals surface area (Å²) in [6.45, 7) is 3.76. The molecule has 3 heteroatoms. The Morgan fingerprint density at radius 1 is 0.656 bits per heavy atom. The number of unbranched alkanes of at least 4 members (excludes halogenated alkanes) is 11. The van der Waals surface area contributed by atoms with E-state index in [1.165, 1.54) is 77.0 Å². The van der Waals surface area contributed by atoms with Gasteiger partial charge in [0, 0.05) is 12.8 Å². The quantitative estimate of drug-likeness (QED) is 0.173. The van der Waals surface area contributed by atoms with Gasteiger partial charge in [0.15, 0.2) is 0 Å². The van der Waals surface area contributed by atoms with Crippen LogP contribution in [0, 0.1) is 0 Å². The summed E-state index contributed by atoms with van der Waals surface area (Å²) in [5, 5.41) is 0. The molecule has 0 saturated heterocycles. The van der Waals surface area contributed by atoms with Crippen molar-refractivity contribution >= 4 is 6.21 Å². The monoisotopic (exact) mass is 437 g/mol. The lowest BCUT2D eigenvalue weighted by atomic mass is 10.1. The van der Waals surface area contributed by atoms with Crippen LogP contribution in [-0.4, -0.2) is 19.9 Å². The first kappa shape index (κ1) is 26.0. The van der Waals surface area contributed by atoms with Crippen molar-refractivity contribution in [2.75, 3.05) is 13.7 Å². The zero-order chi connectivity index (χ0) is 22.7. The van der Waals surface area contributed by atoms with Crippen LogP contribution in [0.5, 0.6) is 11.5 Å². The molecule has 0 N–H and O–H groups in total. The average Bonchev–Trinajstić information content (AvgIpc) is 2.84. The fourth-order valence-corrected chi connectivity index (χ4v) is 3.75. The van der Waals surface area contributed by atoms with Crippen LogP contribution in [0.15, 0.2) is 53.5 Å². The van der Waals surface area contributed by atoms with Gasteiger partial charge >= 0.3 is 0 Å². The summed E-state index contributed by atoms with van der Waals surface area (Å²) in [6, 6.07) is 16.1. The number of ether oxygens (including phenoxy) is 2. The van der Waals surface area contributed by atoms with Crippen LogP contribution < -0.4 is 9.47 Å². The third-order valence-corrected chi connectivity index (χ3v) is 5.83. The Kier molecular flexibility index (Phi) is 14.0. The topological polar surface area (TPSA) is 30.8 Å². The van der Waals surface area contributed by atoms with Crippen LogP contribution >= 0.6 is 0 Å². The van der Waals surface area contributed by atoms with Crippen molar-refractivity contribution in [3.8, 4) is 11.5 Å². The van der Waals surface area contributed by atoms with Crippen molar-refractivity contribution in [3.63, 3.8) is 0 Å². The molecule has 0 aromatic heterocycles. The Hall–Kier alpha value is -2.29. The molecule has 0 aliphatic heterocycles. The molecule has 0 aliphatic carbocycles. The summed E-state index contributed by atoms with van der Waals surface area (Å²) in [4.78, 5) is 4.59. The Bertz CT molecular complexity index is 722. The smallest absolute Gasteiger partial charge is 0.119 e. The van der Waals surface area contributed by atoms with Gasteiger partial charge in [0.25, 0.3) is 0 Å². The maximum Gasteiger partial charge on any atom is 0.119 e. The van der Waals surface area contributed by atoms with E-state index in [4.69, 9.17) is 9.47 Å². The van der Waals surface area contributed by atoms with E-state index in [1.54, 1.807) is 7.11 Å². The Morgan fingerprint density at radius 2 is 1.19 bits per heavy atom. The molecule has 0 aliphatic rings. The standard InChI is InChI=1S/C29H43NO2/c1-3-4-5-6-7-8-9-10-11-12-13-14-23-30-24-26-15-21-29(22-16-26)32-25-27-17-19-28(31-2)20-18-27/h15-22,24H,3-14,23,25H2,1-2H3/b30-24+. The average molecular weight is 438 g/mol. The third-order valence-electron chi connectivity index (χ3n) is 5.83. The molecule has 2 aromatic carbocycles. The van der Waals surface area contributed by atoms with E-state index < -0.39 is 0 Å². The first-order valence-electron chi connectivity index (χ1n) is 12.7. The first-order chi connectivity index (χ1) is 15.8. The van der Waals surface area contributed by atoms with Gasteiger partial charge in [-0.2, -0.15) is 0 Å². The molecule has 32 heavy (non-hydrogen) atoms. The van der Waals surface area contributed by atoms with E-state index in [0.29, 0.717) is 6.61 Å². The van der Waals surface area contributed by atoms with Crippen molar-refractivity contribution in [1.29, 1.82) is 0 Å². The van der Waals surface area contributed by atoms with Crippen LogP contribution in [0.4, 0.5) is 0 Å². The normalized spacial score (nSPS) is 11.2. The van der Waals surface area contributed by atoms with Crippen LogP contribution in [0.1, 0.15) is 95.1 Å². The predicted octanol–water partition coefficient (Wildman–Crippen LogP) is 8.39. The molecule has 176 valence electrons. The molecule has 0 amide bonds. The summed E-state index contributed by atoms with van der Waals surface area (Å²) in [5.74, 6) is 1.74. The molecule has 0 radical (unpaired) electrons. The molecule has 0 saturated carbocycles. The molecule has 2 aromatic rings. The summed E-state index contributed by atoms with van der Waals surface area (Å²) in [7, 11) is 1.68. The highest BCUT2D eigenvalue weighted by molar-refractivity contribution is 5.79. The minimum absolute atomic E-state index is 0.552. The molecule has 0 unspecified atom stereocenters. The summed E-state index contributed by atoms with van der Waals surface area (Å²) < 4.78 is 11.0. The third kappa shape index (κ3) is 11.9. The first-order valence-corrected chi connectivity index (χ1v) is 12.7. The van der Waals surface area contributed by atoms with Crippen molar-refractivity contribution in [1.82, 2.24) is 0 Å². The number of aliphatic imine (C=N–C) groups is 1. The van der Waals surface area contributed by atoms with Gasteiger partial charge in [-0.1, -0.05) is 89.7 Å². The van der Waals surface area contributed by atoms with E-state index in [9.17, 15) is 0 Å². The molecule has 0 fully saturated rings. The largest absolute Gasteiger partial charge is 0.497 e. The number of hydrogen-bond acceptors (Lipinski definition) is 3. The molecule has 0 bridgehead atoms. The van der Waals surface area contributed by atoms with Gasteiger partial charge in [0.1, 0.15) is 18.1 Å². The minimum atomic E-state index is 0.552. The second-order valence-corrected chi connectivity index (χ2v) is 8.63. The highest BCUT2D eigenvalue weighted by Gasteiger charge is 1.98. The van der Waals surface area contributed by atoms with Crippen molar-refractivity contribution < 1.29 is 9.47 Å². The van der Waals surface area contributed by atoms with Gasteiger partial charge < -0.3 is 9.47 Å². The molecule has 0 heterocycles. The molecule has 2 rings (SSSR count). The minimum Gasteiger partial charge on any atom is -0.497 e. The fourth-order valence-electron chi connectivity index (χ4n) is 3.75. The Labute approximate surface area is 196 Å². The van der Waals surface area contributed by atoms with E-state index in [1.807, 2.05) is 42.6 Å². The van der Waals surface area contributed by atoms with Gasteiger partial charge in [0.2, 0.25) is 0 Å². The maximum atomic E-state index is 5.86. The van der Waals surface area contributed by atoms with Crippen molar-refractivity contribution in [2.24, 2.45) is 4.99 Å². The zero-order valence-electron chi connectivity index (χ0n) is 20.4. The molecular formula is C29H43NO2. The predicted molar refractivity (Wildman–Crippen MR) is 137 cm³/mol. The second kappa shape index (κ2) is 17.3. The summed E-state index contributed by atoms with van der Waals surface area (Å²) >= 11 is 0. The number of nitrogens with zero attached hydrogens (tertiary/aromatic N) is 1. The van der Waals surface area contributed by atoms with Crippen molar-refractivity contribution in [3.05, 3.63) is 59.7 Å². The van der Waals surface area contributed by atoms with E-state index >= 15 is 0 Å². The van der Waals surface area contributed by atoms with Gasteiger partial charge in [-0.15, -0.1) is 0 Å². The van der Waals surface area contributed by atoms with Crippen LogP contribution in [0.2, 0.25) is 0 Å². The highest BCUT2D eigenvalue weighted by atomic mass is 16.5. The van der Waals surface area contributed by atoms with Crippen molar-refractivity contribution in [2.45, 2.75) is 90.6 Å². The Balaban J connectivity index is 1.48. The number of benzene rings is 2. The Morgan fingerprint density at radius 3 is 1.75 bits per heavy atom. The van der Waals surface area contributed by atoms with E-state index in [2.05, 4.69) is 24.0 Å². The van der Waals surface area contributed by atoms with Gasteiger partial charge in [-0.25, -0.2) is 0 Å². The zero-order valence-corrected chi connectivity index (χ0v) is 20.4. The van der Waals surface area contributed by atoms with Crippen LogP contribution in [0.25, 0.3) is 0 Å².